The number of halogens is 3. The van der Waals surface area contributed by atoms with E-state index in [4.69, 9.17) is 4.74 Å². The van der Waals surface area contributed by atoms with Crippen LogP contribution in [-0.4, -0.2) is 7.05 Å². The van der Waals surface area contributed by atoms with Gasteiger partial charge in [-0.25, -0.2) is 8.78 Å². The molecule has 0 aliphatic carbocycles. The van der Waals surface area contributed by atoms with Gasteiger partial charge in [0.25, 0.3) is 0 Å². The summed E-state index contributed by atoms with van der Waals surface area (Å²) in [5, 5.41) is 3.03. The van der Waals surface area contributed by atoms with E-state index < -0.39 is 11.6 Å². The minimum atomic E-state index is -0.669. The zero-order valence-electron chi connectivity index (χ0n) is 10.2. The summed E-state index contributed by atoms with van der Waals surface area (Å²) in [5.74, 6) is -0.708. The highest BCUT2D eigenvalue weighted by atomic mass is 79.9. The molecule has 0 aromatic heterocycles. The van der Waals surface area contributed by atoms with Gasteiger partial charge in [-0.2, -0.15) is 0 Å². The van der Waals surface area contributed by atoms with Crippen molar-refractivity contribution in [2.45, 2.75) is 6.54 Å². The van der Waals surface area contributed by atoms with Crippen molar-refractivity contribution in [2.75, 3.05) is 7.05 Å². The van der Waals surface area contributed by atoms with Crippen molar-refractivity contribution in [1.29, 1.82) is 0 Å². The lowest BCUT2D eigenvalue weighted by molar-refractivity contribution is 0.465. The molecule has 0 unspecified atom stereocenters. The molecule has 0 spiro atoms. The van der Waals surface area contributed by atoms with Gasteiger partial charge in [-0.05, 0) is 40.7 Å². The molecule has 100 valence electrons. The van der Waals surface area contributed by atoms with Crippen LogP contribution in [0.15, 0.2) is 40.9 Å². The Bertz CT molecular complexity index is 569. The average Bonchev–Trinajstić information content (AvgIpc) is 2.32. The van der Waals surface area contributed by atoms with E-state index in [9.17, 15) is 8.78 Å². The summed E-state index contributed by atoms with van der Waals surface area (Å²) in [6.07, 6.45) is 0. The van der Waals surface area contributed by atoms with Crippen molar-refractivity contribution in [3.05, 3.63) is 58.1 Å². The third-order valence-electron chi connectivity index (χ3n) is 2.44. The highest BCUT2D eigenvalue weighted by Gasteiger charge is 2.06. The first-order valence-electron chi connectivity index (χ1n) is 5.65. The van der Waals surface area contributed by atoms with Crippen molar-refractivity contribution < 1.29 is 13.5 Å². The van der Waals surface area contributed by atoms with Gasteiger partial charge in [0.05, 0.1) is 4.47 Å². The van der Waals surface area contributed by atoms with Crippen LogP contribution in [0.5, 0.6) is 11.5 Å². The Balaban J connectivity index is 2.23. The van der Waals surface area contributed by atoms with E-state index in [-0.39, 0.29) is 5.75 Å². The van der Waals surface area contributed by atoms with Crippen molar-refractivity contribution in [3.8, 4) is 11.5 Å². The molecule has 0 aliphatic rings. The van der Waals surface area contributed by atoms with Crippen molar-refractivity contribution in [3.63, 3.8) is 0 Å². The number of ether oxygens (including phenoxy) is 1. The van der Waals surface area contributed by atoms with Crippen LogP contribution < -0.4 is 10.1 Å². The van der Waals surface area contributed by atoms with Gasteiger partial charge in [-0.15, -0.1) is 0 Å². The lowest BCUT2D eigenvalue weighted by Gasteiger charge is -2.09. The molecular weight excluding hydrogens is 316 g/mol. The molecule has 0 heterocycles. The second-order valence-electron chi connectivity index (χ2n) is 4.00. The number of hydrogen-bond donors (Lipinski definition) is 1. The zero-order chi connectivity index (χ0) is 13.8. The van der Waals surface area contributed by atoms with Gasteiger partial charge in [0.1, 0.15) is 23.1 Å². The molecule has 0 aliphatic heterocycles. The predicted molar refractivity (Wildman–Crippen MR) is 73.3 cm³/mol. The van der Waals surface area contributed by atoms with Crippen LogP contribution in [-0.2, 0) is 6.54 Å². The summed E-state index contributed by atoms with van der Waals surface area (Å²) in [5.41, 5.74) is 1.08. The van der Waals surface area contributed by atoms with Crippen molar-refractivity contribution in [1.82, 2.24) is 5.32 Å². The number of rotatable bonds is 4. The fraction of sp³-hybridized carbons (Fsp3) is 0.143. The topological polar surface area (TPSA) is 21.3 Å². The quantitative estimate of drug-likeness (QED) is 0.906. The standard InChI is InChI=1S/C14H12BrF2NO/c1-18-8-9-2-3-14(13(15)4-9)19-12-6-10(16)5-11(17)7-12/h2-7,18H,8H2,1H3. The molecule has 0 bridgehead atoms. The van der Waals surface area contributed by atoms with E-state index in [2.05, 4.69) is 21.2 Å². The molecule has 5 heteroatoms. The molecule has 19 heavy (non-hydrogen) atoms. The SMILES string of the molecule is CNCc1ccc(Oc2cc(F)cc(F)c2)c(Br)c1. The summed E-state index contributed by atoms with van der Waals surface area (Å²) in [7, 11) is 1.85. The normalized spacial score (nSPS) is 10.5. The Kier molecular flexibility index (Phi) is 4.50. The van der Waals surface area contributed by atoms with Crippen LogP contribution >= 0.6 is 15.9 Å². The maximum Gasteiger partial charge on any atom is 0.141 e. The van der Waals surface area contributed by atoms with Crippen molar-refractivity contribution >= 4 is 15.9 Å². The minimum Gasteiger partial charge on any atom is -0.456 e. The zero-order valence-corrected chi connectivity index (χ0v) is 11.8. The van der Waals surface area contributed by atoms with E-state index in [0.29, 0.717) is 5.75 Å². The van der Waals surface area contributed by atoms with E-state index in [0.717, 1.165) is 34.8 Å². The molecule has 2 nitrogen and oxygen atoms in total. The first kappa shape index (κ1) is 14.0. The molecule has 2 aromatic rings. The molecule has 0 saturated heterocycles. The van der Waals surface area contributed by atoms with E-state index in [1.807, 2.05) is 19.2 Å². The van der Waals surface area contributed by atoms with Gasteiger partial charge < -0.3 is 10.1 Å². The maximum absolute atomic E-state index is 13.1. The first-order valence-corrected chi connectivity index (χ1v) is 6.45. The van der Waals surface area contributed by atoms with E-state index >= 15 is 0 Å². The van der Waals surface area contributed by atoms with Crippen LogP contribution in [0.25, 0.3) is 0 Å². The Labute approximate surface area is 118 Å². The Morgan fingerprint density at radius 2 is 1.79 bits per heavy atom. The molecule has 0 amide bonds. The van der Waals surface area contributed by atoms with Gasteiger partial charge in [-0.1, -0.05) is 6.07 Å². The van der Waals surface area contributed by atoms with Gasteiger partial charge in [-0.3, -0.25) is 0 Å². The third kappa shape index (κ3) is 3.75. The van der Waals surface area contributed by atoms with Gasteiger partial charge in [0.2, 0.25) is 0 Å². The highest BCUT2D eigenvalue weighted by molar-refractivity contribution is 9.10. The fourth-order valence-electron chi connectivity index (χ4n) is 1.66. The number of hydrogen-bond acceptors (Lipinski definition) is 2. The average molecular weight is 328 g/mol. The smallest absolute Gasteiger partial charge is 0.141 e. The monoisotopic (exact) mass is 327 g/mol. The largest absolute Gasteiger partial charge is 0.456 e. The third-order valence-corrected chi connectivity index (χ3v) is 3.06. The molecule has 0 radical (unpaired) electrons. The maximum atomic E-state index is 13.1. The second kappa shape index (κ2) is 6.12. The van der Waals surface area contributed by atoms with Crippen LogP contribution in [0.4, 0.5) is 8.78 Å². The Morgan fingerprint density at radius 3 is 2.37 bits per heavy atom. The summed E-state index contributed by atoms with van der Waals surface area (Å²) >= 11 is 3.37. The summed E-state index contributed by atoms with van der Waals surface area (Å²) in [6.45, 7) is 0.730. The number of nitrogens with one attached hydrogen (secondary N) is 1. The Hall–Kier alpha value is -1.46. The summed E-state index contributed by atoms with van der Waals surface area (Å²) < 4.78 is 32.3. The van der Waals surface area contributed by atoms with E-state index in [1.54, 1.807) is 6.07 Å². The second-order valence-corrected chi connectivity index (χ2v) is 4.86. The molecular formula is C14H12BrF2NO. The fourth-order valence-corrected chi connectivity index (χ4v) is 2.16. The van der Waals surface area contributed by atoms with Gasteiger partial charge >= 0.3 is 0 Å². The molecule has 0 saturated carbocycles. The number of benzene rings is 2. The van der Waals surface area contributed by atoms with Gasteiger partial charge in [0, 0.05) is 24.7 Å². The van der Waals surface area contributed by atoms with Crippen LogP contribution in [0.1, 0.15) is 5.56 Å². The van der Waals surface area contributed by atoms with Crippen LogP contribution in [0.3, 0.4) is 0 Å². The lowest BCUT2D eigenvalue weighted by Crippen LogP contribution is -2.04. The molecule has 2 rings (SSSR count). The molecule has 0 fully saturated rings. The van der Waals surface area contributed by atoms with Crippen LogP contribution in [0.2, 0.25) is 0 Å². The summed E-state index contributed by atoms with van der Waals surface area (Å²) in [6, 6.07) is 8.60. The first-order chi connectivity index (χ1) is 9.08. The summed E-state index contributed by atoms with van der Waals surface area (Å²) in [4.78, 5) is 0. The van der Waals surface area contributed by atoms with Crippen LogP contribution in [0, 0.1) is 11.6 Å². The lowest BCUT2D eigenvalue weighted by atomic mass is 10.2. The van der Waals surface area contributed by atoms with Crippen molar-refractivity contribution in [2.24, 2.45) is 0 Å². The van der Waals surface area contributed by atoms with E-state index in [1.165, 1.54) is 0 Å². The predicted octanol–water partition coefficient (Wildman–Crippen LogP) is 4.24. The minimum absolute atomic E-state index is 0.125. The molecule has 0 atom stereocenters. The van der Waals surface area contributed by atoms with Gasteiger partial charge in [0.15, 0.2) is 0 Å². The molecule has 2 aromatic carbocycles. The highest BCUT2D eigenvalue weighted by Crippen LogP contribution is 2.31. The Morgan fingerprint density at radius 1 is 1.11 bits per heavy atom. The molecule has 1 N–H and O–H groups in total.